The van der Waals surface area contributed by atoms with Crippen LogP contribution in [-0.2, 0) is 6.42 Å². The lowest BCUT2D eigenvalue weighted by Gasteiger charge is -2.31. The van der Waals surface area contributed by atoms with Crippen molar-refractivity contribution in [1.29, 1.82) is 0 Å². The number of benzene rings is 1. The van der Waals surface area contributed by atoms with Gasteiger partial charge in [0.1, 0.15) is 11.6 Å². The second-order valence-corrected chi connectivity index (χ2v) is 10.6. The average molecular weight is 457 g/mol. The topological polar surface area (TPSA) is 0 Å². The van der Waals surface area contributed by atoms with Crippen LogP contribution in [-0.4, -0.2) is 0 Å². The number of halogens is 2. The van der Waals surface area contributed by atoms with Crippen molar-refractivity contribution in [2.45, 2.75) is 122 Å². The highest BCUT2D eigenvalue weighted by Crippen LogP contribution is 2.39. The van der Waals surface area contributed by atoms with Gasteiger partial charge in [0.15, 0.2) is 0 Å². The third-order valence-electron chi connectivity index (χ3n) is 8.03. The highest BCUT2D eigenvalue weighted by molar-refractivity contribution is 5.36. The molecule has 2 aliphatic carbocycles. The molecule has 1 saturated carbocycles. The molecule has 0 amide bonds. The Kier molecular flexibility index (Phi) is 11.2. The minimum atomic E-state index is -0.368. The van der Waals surface area contributed by atoms with Crippen LogP contribution >= 0.6 is 0 Å². The van der Waals surface area contributed by atoms with E-state index in [4.69, 9.17) is 0 Å². The van der Waals surface area contributed by atoms with E-state index in [-0.39, 0.29) is 23.1 Å². The van der Waals surface area contributed by atoms with Crippen LogP contribution in [0.3, 0.4) is 0 Å². The van der Waals surface area contributed by atoms with Gasteiger partial charge in [-0.1, -0.05) is 89.9 Å². The normalized spacial score (nSPS) is 23.0. The molecule has 1 aromatic carbocycles. The third kappa shape index (κ3) is 8.08. The Hall–Kier alpha value is -1.44. The smallest absolute Gasteiger partial charge is 0.129 e. The molecule has 0 radical (unpaired) electrons. The minimum absolute atomic E-state index is 0.0893. The molecule has 33 heavy (non-hydrogen) atoms. The van der Waals surface area contributed by atoms with E-state index in [2.05, 4.69) is 32.1 Å². The van der Waals surface area contributed by atoms with E-state index in [0.29, 0.717) is 12.3 Å². The molecule has 1 atom stereocenters. The fourth-order valence-electron chi connectivity index (χ4n) is 5.81. The first kappa shape index (κ1) is 26.2. The van der Waals surface area contributed by atoms with Crippen molar-refractivity contribution in [2.75, 3.05) is 0 Å². The molecule has 2 heteroatoms. The van der Waals surface area contributed by atoms with Gasteiger partial charge in [-0.05, 0) is 80.1 Å². The van der Waals surface area contributed by atoms with Crippen molar-refractivity contribution in [3.8, 4) is 0 Å². The zero-order valence-corrected chi connectivity index (χ0v) is 21.2. The first-order chi connectivity index (χ1) is 16.1. The molecule has 0 N–H and O–H groups in total. The van der Waals surface area contributed by atoms with E-state index in [1.165, 1.54) is 76.2 Å². The van der Waals surface area contributed by atoms with Gasteiger partial charge in [-0.25, -0.2) is 8.78 Å². The zero-order valence-electron chi connectivity index (χ0n) is 21.2. The number of hydrogen-bond acceptors (Lipinski definition) is 0. The van der Waals surface area contributed by atoms with Crippen LogP contribution in [0.25, 0.3) is 0 Å². The maximum absolute atomic E-state index is 14.6. The van der Waals surface area contributed by atoms with Gasteiger partial charge in [-0.15, -0.1) is 0 Å². The van der Waals surface area contributed by atoms with Gasteiger partial charge in [-0.2, -0.15) is 0 Å². The van der Waals surface area contributed by atoms with Gasteiger partial charge in [0.25, 0.3) is 0 Å². The van der Waals surface area contributed by atoms with Crippen molar-refractivity contribution < 1.29 is 8.78 Å². The van der Waals surface area contributed by atoms with E-state index in [9.17, 15) is 8.78 Å². The Bertz CT molecular complexity index is 744. The fraction of sp³-hybridized carbons (Fsp3) is 0.677. The summed E-state index contributed by atoms with van der Waals surface area (Å²) in [7, 11) is 0. The lowest BCUT2D eigenvalue weighted by atomic mass is 9.75. The Labute approximate surface area is 201 Å². The van der Waals surface area contributed by atoms with Gasteiger partial charge in [-0.3, -0.25) is 0 Å². The second kappa shape index (κ2) is 14.1. The highest BCUT2D eigenvalue weighted by atomic mass is 19.1. The summed E-state index contributed by atoms with van der Waals surface area (Å²) in [6, 6.07) is 3.15. The Morgan fingerprint density at radius 1 is 0.788 bits per heavy atom. The summed E-state index contributed by atoms with van der Waals surface area (Å²) in [6.45, 7) is 4.39. The Balaban J connectivity index is 1.44. The summed E-state index contributed by atoms with van der Waals surface area (Å²) < 4.78 is 29.2. The summed E-state index contributed by atoms with van der Waals surface area (Å²) in [5.41, 5.74) is 2.50. The molecular weight excluding hydrogens is 410 g/mol. The predicted molar refractivity (Wildman–Crippen MR) is 138 cm³/mol. The third-order valence-corrected chi connectivity index (χ3v) is 8.03. The van der Waals surface area contributed by atoms with Gasteiger partial charge >= 0.3 is 0 Å². The Morgan fingerprint density at radius 3 is 2.06 bits per heavy atom. The predicted octanol–water partition coefficient (Wildman–Crippen LogP) is 10.2. The number of hydrogen-bond donors (Lipinski definition) is 0. The van der Waals surface area contributed by atoms with E-state index in [0.717, 1.165) is 37.2 Å². The van der Waals surface area contributed by atoms with Crippen LogP contribution in [0.4, 0.5) is 8.78 Å². The van der Waals surface area contributed by atoms with Gasteiger partial charge < -0.3 is 0 Å². The summed E-state index contributed by atoms with van der Waals surface area (Å²) in [5.74, 6) is 0.958. The quantitative estimate of drug-likeness (QED) is 0.259. The number of rotatable bonds is 13. The van der Waals surface area contributed by atoms with Crippen molar-refractivity contribution >= 4 is 0 Å². The largest absolute Gasteiger partial charge is 0.207 e. The highest BCUT2D eigenvalue weighted by Gasteiger charge is 2.24. The summed E-state index contributed by atoms with van der Waals surface area (Å²) >= 11 is 0. The van der Waals surface area contributed by atoms with Gasteiger partial charge in [0, 0.05) is 11.5 Å². The zero-order chi connectivity index (χ0) is 23.5. The van der Waals surface area contributed by atoms with Crippen LogP contribution < -0.4 is 0 Å². The van der Waals surface area contributed by atoms with Gasteiger partial charge in [0.2, 0.25) is 0 Å². The molecule has 3 rings (SSSR count). The maximum Gasteiger partial charge on any atom is 0.129 e. The number of allylic oxidation sites excluding steroid dienone is 4. The van der Waals surface area contributed by atoms with Crippen LogP contribution in [0.15, 0.2) is 35.9 Å². The van der Waals surface area contributed by atoms with Crippen molar-refractivity contribution in [2.24, 2.45) is 11.8 Å². The van der Waals surface area contributed by atoms with E-state index in [1.807, 2.05) is 0 Å². The van der Waals surface area contributed by atoms with Crippen molar-refractivity contribution in [3.63, 3.8) is 0 Å². The monoisotopic (exact) mass is 456 g/mol. The van der Waals surface area contributed by atoms with Crippen LogP contribution in [0.5, 0.6) is 0 Å². The summed E-state index contributed by atoms with van der Waals surface area (Å²) in [5, 5.41) is 0. The lowest BCUT2D eigenvalue weighted by molar-refractivity contribution is 0.282. The van der Waals surface area contributed by atoms with Crippen LogP contribution in [0.1, 0.15) is 127 Å². The molecule has 0 saturated heterocycles. The minimum Gasteiger partial charge on any atom is -0.207 e. The molecular formula is C31H46F2. The first-order valence-corrected chi connectivity index (χ1v) is 14.0. The first-order valence-electron chi connectivity index (χ1n) is 14.0. The van der Waals surface area contributed by atoms with Crippen molar-refractivity contribution in [3.05, 3.63) is 58.7 Å². The molecule has 0 aromatic heterocycles. The molecule has 1 unspecified atom stereocenters. The molecule has 1 fully saturated rings. The molecule has 2 aliphatic rings. The lowest BCUT2D eigenvalue weighted by Crippen LogP contribution is -2.17. The molecule has 0 spiro atoms. The molecule has 0 nitrogen and oxygen atoms in total. The fourth-order valence-corrected chi connectivity index (χ4v) is 5.81. The second-order valence-electron chi connectivity index (χ2n) is 10.6. The van der Waals surface area contributed by atoms with Crippen LogP contribution in [0.2, 0.25) is 0 Å². The van der Waals surface area contributed by atoms with Gasteiger partial charge in [0.05, 0.1) is 0 Å². The van der Waals surface area contributed by atoms with E-state index in [1.54, 1.807) is 12.1 Å². The molecule has 0 heterocycles. The summed E-state index contributed by atoms with van der Waals surface area (Å²) in [6.07, 6.45) is 26.2. The molecule has 0 bridgehead atoms. The SMILES string of the molecule is CCCCCCCC[C@H]1CC[C@H](C2=CCC(c3cc(F)c(CCCCC)c(F)c3)C=C2)CC1. The Morgan fingerprint density at radius 2 is 1.42 bits per heavy atom. The molecule has 184 valence electrons. The van der Waals surface area contributed by atoms with E-state index >= 15 is 0 Å². The van der Waals surface area contributed by atoms with Crippen molar-refractivity contribution in [1.82, 2.24) is 0 Å². The molecule has 0 aliphatic heterocycles. The standard InChI is InChI=1S/C31H46F2/c1-3-5-7-8-9-11-12-24-14-16-25(17-15-24)26-18-20-27(21-19-26)28-22-30(32)29(31(33)23-28)13-10-6-4-2/h18-20,22-25,27H,3-17,21H2,1-2H3/t24-,25-,27?. The number of unbranched alkanes of at least 4 members (excludes halogenated alkanes) is 7. The van der Waals surface area contributed by atoms with Crippen LogP contribution in [0, 0.1) is 23.5 Å². The summed E-state index contributed by atoms with van der Waals surface area (Å²) in [4.78, 5) is 0. The average Bonchev–Trinajstić information content (AvgIpc) is 2.83. The maximum atomic E-state index is 14.6. The van der Waals surface area contributed by atoms with E-state index < -0.39 is 0 Å². The molecule has 1 aromatic rings.